The van der Waals surface area contributed by atoms with Gasteiger partial charge in [0.15, 0.2) is 0 Å². The van der Waals surface area contributed by atoms with Gasteiger partial charge in [0.05, 0.1) is 5.52 Å². The topological polar surface area (TPSA) is 63.5 Å². The van der Waals surface area contributed by atoms with Gasteiger partial charge in [-0.1, -0.05) is 18.2 Å². The van der Waals surface area contributed by atoms with Gasteiger partial charge in [0, 0.05) is 30.1 Å². The van der Waals surface area contributed by atoms with E-state index in [1.54, 1.807) is 4.57 Å². The number of nitrogens with one attached hydrogen (secondary N) is 1. The molecule has 1 saturated heterocycles. The summed E-state index contributed by atoms with van der Waals surface area (Å²) in [6.45, 7) is 6.60. The second-order valence-electron chi connectivity index (χ2n) is 7.12. The van der Waals surface area contributed by atoms with Gasteiger partial charge in [-0.05, 0) is 45.4 Å². The number of benzene rings is 1. The van der Waals surface area contributed by atoms with Crippen molar-refractivity contribution < 1.29 is 14.6 Å². The quantitative estimate of drug-likeness (QED) is 0.894. The summed E-state index contributed by atoms with van der Waals surface area (Å²) in [6.07, 6.45) is 2.41. The molecule has 2 N–H and O–H groups in total. The van der Waals surface area contributed by atoms with E-state index in [1.807, 2.05) is 51.2 Å². The highest BCUT2D eigenvalue weighted by atomic mass is 16.6. The Bertz CT molecular complexity index is 715. The fourth-order valence-corrected chi connectivity index (χ4v) is 3.23. The van der Waals surface area contributed by atoms with Gasteiger partial charge in [-0.25, -0.2) is 4.79 Å². The minimum absolute atomic E-state index is 0.0635. The largest absolute Gasteiger partial charge is 0.443 e. The minimum atomic E-state index is -0.540. The zero-order valence-corrected chi connectivity index (χ0v) is 13.9. The lowest BCUT2D eigenvalue weighted by molar-refractivity contribution is 0.0544. The number of aliphatic hydroxyl groups excluding tert-OH is 1. The number of aliphatic hydroxyl groups is 1. The first-order chi connectivity index (χ1) is 10.9. The standard InChI is InChI=1S/C18H24N2O3/c1-18(2,3)23-17(22)20-10-14(13-6-4-5-7-15(13)20)16-12(11-21)8-9-19-16/h4-7,10,12,16,19,21H,8-9,11H2,1-3H3/t12-,16-/m0/s1. The van der Waals surface area contributed by atoms with Crippen molar-refractivity contribution in [3.63, 3.8) is 0 Å². The van der Waals surface area contributed by atoms with Crippen LogP contribution < -0.4 is 5.32 Å². The third-order valence-corrected chi connectivity index (χ3v) is 4.25. The molecule has 0 bridgehead atoms. The second-order valence-corrected chi connectivity index (χ2v) is 7.12. The third kappa shape index (κ3) is 3.12. The Kier molecular flexibility index (Phi) is 4.17. The van der Waals surface area contributed by atoms with Crippen molar-refractivity contribution >= 4 is 17.0 Å². The third-order valence-electron chi connectivity index (χ3n) is 4.25. The first kappa shape index (κ1) is 16.0. The zero-order valence-electron chi connectivity index (χ0n) is 13.9. The number of para-hydroxylation sites is 1. The Morgan fingerprint density at radius 2 is 2.13 bits per heavy atom. The van der Waals surface area contributed by atoms with E-state index in [9.17, 15) is 9.90 Å². The number of carbonyl (C=O) groups excluding carboxylic acids is 1. The number of ether oxygens (including phenoxy) is 1. The summed E-state index contributed by atoms with van der Waals surface area (Å²) in [5, 5.41) is 14.1. The van der Waals surface area contributed by atoms with Gasteiger partial charge in [0.25, 0.3) is 0 Å². The van der Waals surface area contributed by atoms with Crippen LogP contribution in [0, 0.1) is 5.92 Å². The molecule has 1 aliphatic heterocycles. The Morgan fingerprint density at radius 3 is 2.83 bits per heavy atom. The molecule has 5 nitrogen and oxygen atoms in total. The molecule has 1 aromatic heterocycles. The highest BCUT2D eigenvalue weighted by Crippen LogP contribution is 2.35. The lowest BCUT2D eigenvalue weighted by atomic mass is 9.95. The van der Waals surface area contributed by atoms with Crippen LogP contribution in [-0.2, 0) is 4.74 Å². The number of hydrogen-bond donors (Lipinski definition) is 2. The molecule has 1 aliphatic rings. The second kappa shape index (κ2) is 5.98. The molecule has 3 rings (SSSR count). The van der Waals surface area contributed by atoms with Gasteiger partial charge in [-0.15, -0.1) is 0 Å². The molecule has 124 valence electrons. The van der Waals surface area contributed by atoms with Crippen LogP contribution in [0.15, 0.2) is 30.5 Å². The molecule has 1 fully saturated rings. The maximum Gasteiger partial charge on any atom is 0.419 e. The summed E-state index contributed by atoms with van der Waals surface area (Å²) < 4.78 is 7.09. The maximum atomic E-state index is 12.5. The lowest BCUT2D eigenvalue weighted by Crippen LogP contribution is -2.26. The van der Waals surface area contributed by atoms with Crippen molar-refractivity contribution in [3.8, 4) is 0 Å². The van der Waals surface area contributed by atoms with Crippen molar-refractivity contribution in [1.29, 1.82) is 0 Å². The number of aromatic nitrogens is 1. The Labute approximate surface area is 136 Å². The van der Waals surface area contributed by atoms with Crippen LogP contribution in [-0.4, -0.2) is 34.5 Å². The first-order valence-electron chi connectivity index (χ1n) is 8.08. The number of nitrogens with zero attached hydrogens (tertiary/aromatic N) is 1. The molecule has 1 aromatic carbocycles. The van der Waals surface area contributed by atoms with Gasteiger partial charge < -0.3 is 15.2 Å². The Balaban J connectivity index is 2.05. The molecule has 0 radical (unpaired) electrons. The molecule has 2 aromatic rings. The Morgan fingerprint density at radius 1 is 1.39 bits per heavy atom. The number of rotatable bonds is 2. The highest BCUT2D eigenvalue weighted by molar-refractivity contribution is 5.92. The van der Waals surface area contributed by atoms with Gasteiger partial charge in [0.1, 0.15) is 5.60 Å². The molecule has 0 amide bonds. The fraction of sp³-hybridized carbons (Fsp3) is 0.500. The van der Waals surface area contributed by atoms with Crippen LogP contribution in [0.3, 0.4) is 0 Å². The molecule has 23 heavy (non-hydrogen) atoms. The van der Waals surface area contributed by atoms with Crippen molar-refractivity contribution in [3.05, 3.63) is 36.0 Å². The summed E-state index contributed by atoms with van der Waals surface area (Å²) in [5.74, 6) is 0.174. The zero-order chi connectivity index (χ0) is 16.6. The first-order valence-corrected chi connectivity index (χ1v) is 8.08. The minimum Gasteiger partial charge on any atom is -0.443 e. The van der Waals surface area contributed by atoms with Crippen molar-refractivity contribution in [2.24, 2.45) is 5.92 Å². The number of fused-ring (bicyclic) bond motifs is 1. The van der Waals surface area contributed by atoms with Gasteiger partial charge >= 0.3 is 6.09 Å². The monoisotopic (exact) mass is 316 g/mol. The van der Waals surface area contributed by atoms with E-state index in [2.05, 4.69) is 5.32 Å². The molecule has 2 atom stereocenters. The molecule has 0 unspecified atom stereocenters. The van der Waals surface area contributed by atoms with E-state index >= 15 is 0 Å². The van der Waals surface area contributed by atoms with Crippen molar-refractivity contribution in [2.45, 2.75) is 38.8 Å². The summed E-state index contributed by atoms with van der Waals surface area (Å²) >= 11 is 0. The summed E-state index contributed by atoms with van der Waals surface area (Å²) in [6, 6.07) is 7.88. The van der Waals surface area contributed by atoms with Crippen LogP contribution in [0.1, 0.15) is 38.8 Å². The molecule has 0 spiro atoms. The summed E-state index contributed by atoms with van der Waals surface area (Å²) in [5.41, 5.74) is 1.34. The maximum absolute atomic E-state index is 12.5. The normalized spacial score (nSPS) is 21.7. The van der Waals surface area contributed by atoms with Gasteiger partial charge in [-0.2, -0.15) is 0 Å². The van der Waals surface area contributed by atoms with E-state index in [0.29, 0.717) is 0 Å². The molecule has 5 heteroatoms. The van der Waals surface area contributed by atoms with Crippen LogP contribution in [0.5, 0.6) is 0 Å². The fourth-order valence-electron chi connectivity index (χ4n) is 3.23. The average Bonchev–Trinajstić information content (AvgIpc) is 3.09. The lowest BCUT2D eigenvalue weighted by Gasteiger charge is -2.20. The van der Waals surface area contributed by atoms with E-state index in [-0.39, 0.29) is 24.7 Å². The van der Waals surface area contributed by atoms with Crippen LogP contribution in [0.4, 0.5) is 4.79 Å². The van der Waals surface area contributed by atoms with Gasteiger partial charge in [-0.3, -0.25) is 4.57 Å². The average molecular weight is 316 g/mol. The van der Waals surface area contributed by atoms with E-state index in [1.165, 1.54) is 0 Å². The summed E-state index contributed by atoms with van der Waals surface area (Å²) in [7, 11) is 0. The van der Waals surface area contributed by atoms with Crippen LogP contribution in [0.25, 0.3) is 10.9 Å². The molecule has 0 aliphatic carbocycles. The summed E-state index contributed by atoms with van der Waals surface area (Å²) in [4.78, 5) is 12.5. The Hall–Kier alpha value is -1.85. The number of hydrogen-bond acceptors (Lipinski definition) is 4. The smallest absolute Gasteiger partial charge is 0.419 e. The van der Waals surface area contributed by atoms with Gasteiger partial charge in [0.2, 0.25) is 0 Å². The molecular formula is C18H24N2O3. The predicted octanol–water partition coefficient (Wildman–Crippen LogP) is 3.07. The molecule has 0 saturated carbocycles. The van der Waals surface area contributed by atoms with Crippen molar-refractivity contribution in [2.75, 3.05) is 13.2 Å². The van der Waals surface area contributed by atoms with Crippen LogP contribution >= 0.6 is 0 Å². The molecular weight excluding hydrogens is 292 g/mol. The van der Waals surface area contributed by atoms with Crippen molar-refractivity contribution in [1.82, 2.24) is 9.88 Å². The highest BCUT2D eigenvalue weighted by Gasteiger charge is 2.31. The van der Waals surface area contributed by atoms with E-state index < -0.39 is 5.60 Å². The van der Waals surface area contributed by atoms with Crippen LogP contribution in [0.2, 0.25) is 0 Å². The molecule has 2 heterocycles. The van der Waals surface area contributed by atoms with E-state index in [0.717, 1.165) is 29.4 Å². The van der Waals surface area contributed by atoms with E-state index in [4.69, 9.17) is 4.74 Å². The number of carbonyl (C=O) groups is 1. The SMILES string of the molecule is CC(C)(C)OC(=O)n1cc([C@H]2NCC[C@H]2CO)c2ccccc21. The predicted molar refractivity (Wildman–Crippen MR) is 89.5 cm³/mol.